The van der Waals surface area contributed by atoms with Crippen molar-refractivity contribution >= 4 is 29.1 Å². The lowest BCUT2D eigenvalue weighted by Crippen LogP contribution is -2.40. The van der Waals surface area contributed by atoms with Gasteiger partial charge < -0.3 is 5.32 Å². The minimum Gasteiger partial charge on any atom is -0.350 e. The van der Waals surface area contributed by atoms with Gasteiger partial charge in [0, 0.05) is 10.4 Å². The van der Waals surface area contributed by atoms with Gasteiger partial charge in [0.2, 0.25) is 5.91 Å². The number of hydrogen-bond acceptors (Lipinski definition) is 5. The average Bonchev–Trinajstić information content (AvgIpc) is 3.20. The molecule has 3 amide bonds. The minimum absolute atomic E-state index is 0.296. The molecule has 7 heteroatoms. The van der Waals surface area contributed by atoms with Gasteiger partial charge in [-0.25, -0.2) is 4.98 Å². The molecule has 0 aliphatic carbocycles. The molecule has 1 N–H and O–H groups in total. The number of fused-ring (bicyclic) bond motifs is 1. The summed E-state index contributed by atoms with van der Waals surface area (Å²) in [6, 6.07) is 16.4. The standard InChI is InChI=1S/C21H17N3O3S/c1-13-17(28-19(23-13)14-7-3-2-4-8-14)11-22-18(25)12-24-20(26)15-9-5-6-10-16(15)21(24)27/h2-10H,11-12H2,1H3,(H,22,25). The van der Waals surface area contributed by atoms with Crippen LogP contribution in [-0.4, -0.2) is 34.2 Å². The maximum absolute atomic E-state index is 12.3. The number of thiazole rings is 1. The average molecular weight is 391 g/mol. The first-order chi connectivity index (χ1) is 13.5. The molecule has 2 heterocycles. The van der Waals surface area contributed by atoms with Crippen LogP contribution < -0.4 is 5.32 Å². The van der Waals surface area contributed by atoms with Crippen molar-refractivity contribution in [3.05, 3.63) is 76.3 Å². The zero-order valence-corrected chi connectivity index (χ0v) is 16.0. The first-order valence-corrected chi connectivity index (χ1v) is 9.60. The fourth-order valence-electron chi connectivity index (χ4n) is 3.06. The van der Waals surface area contributed by atoms with E-state index in [1.165, 1.54) is 11.3 Å². The maximum atomic E-state index is 12.3. The third-order valence-electron chi connectivity index (χ3n) is 4.54. The largest absolute Gasteiger partial charge is 0.350 e. The van der Waals surface area contributed by atoms with Gasteiger partial charge in [-0.3, -0.25) is 19.3 Å². The fraction of sp³-hybridized carbons (Fsp3) is 0.143. The maximum Gasteiger partial charge on any atom is 0.262 e. The number of aryl methyl sites for hydroxylation is 1. The highest BCUT2D eigenvalue weighted by Crippen LogP contribution is 2.27. The molecule has 3 aromatic rings. The van der Waals surface area contributed by atoms with Crippen molar-refractivity contribution in [1.29, 1.82) is 0 Å². The van der Waals surface area contributed by atoms with Crippen molar-refractivity contribution in [2.75, 3.05) is 6.54 Å². The molecule has 0 atom stereocenters. The van der Waals surface area contributed by atoms with Gasteiger partial charge in [0.25, 0.3) is 11.8 Å². The number of imide groups is 1. The van der Waals surface area contributed by atoms with Gasteiger partial charge in [-0.05, 0) is 19.1 Å². The number of amides is 3. The number of carbonyl (C=O) groups is 3. The van der Waals surface area contributed by atoms with E-state index < -0.39 is 11.8 Å². The van der Waals surface area contributed by atoms with E-state index in [1.54, 1.807) is 24.3 Å². The van der Waals surface area contributed by atoms with Crippen LogP contribution >= 0.6 is 11.3 Å². The second kappa shape index (κ2) is 7.36. The van der Waals surface area contributed by atoms with Crippen LogP contribution in [-0.2, 0) is 11.3 Å². The Morgan fingerprint density at radius 3 is 2.25 bits per heavy atom. The van der Waals surface area contributed by atoms with E-state index in [1.807, 2.05) is 37.3 Å². The zero-order chi connectivity index (χ0) is 19.7. The smallest absolute Gasteiger partial charge is 0.262 e. The normalized spacial score (nSPS) is 13.0. The number of nitrogens with zero attached hydrogens (tertiary/aromatic N) is 2. The molecule has 1 aromatic heterocycles. The molecular weight excluding hydrogens is 374 g/mol. The lowest BCUT2D eigenvalue weighted by Gasteiger charge is -2.13. The summed E-state index contributed by atoms with van der Waals surface area (Å²) in [4.78, 5) is 43.5. The van der Waals surface area contributed by atoms with Crippen molar-refractivity contribution in [3.8, 4) is 10.6 Å². The Morgan fingerprint density at radius 2 is 1.61 bits per heavy atom. The number of nitrogens with one attached hydrogen (secondary N) is 1. The van der Waals surface area contributed by atoms with Crippen molar-refractivity contribution in [2.45, 2.75) is 13.5 Å². The molecule has 28 heavy (non-hydrogen) atoms. The van der Waals surface area contributed by atoms with Crippen LogP contribution in [0, 0.1) is 6.92 Å². The highest BCUT2D eigenvalue weighted by atomic mass is 32.1. The lowest BCUT2D eigenvalue weighted by atomic mass is 10.1. The van der Waals surface area contributed by atoms with Crippen LogP contribution in [0.3, 0.4) is 0 Å². The third kappa shape index (κ3) is 3.32. The Bertz CT molecular complexity index is 1040. The minimum atomic E-state index is -0.434. The van der Waals surface area contributed by atoms with Crippen molar-refractivity contribution in [3.63, 3.8) is 0 Å². The van der Waals surface area contributed by atoms with E-state index in [0.29, 0.717) is 17.7 Å². The molecular formula is C21H17N3O3S. The Labute approximate surface area is 165 Å². The van der Waals surface area contributed by atoms with Gasteiger partial charge in [-0.1, -0.05) is 42.5 Å². The van der Waals surface area contributed by atoms with Crippen LogP contribution in [0.4, 0.5) is 0 Å². The molecule has 2 aromatic carbocycles. The molecule has 0 radical (unpaired) electrons. The third-order valence-corrected chi connectivity index (χ3v) is 5.75. The highest BCUT2D eigenvalue weighted by molar-refractivity contribution is 7.15. The van der Waals surface area contributed by atoms with Gasteiger partial charge in [0.15, 0.2) is 0 Å². The lowest BCUT2D eigenvalue weighted by molar-refractivity contribution is -0.121. The second-order valence-electron chi connectivity index (χ2n) is 6.41. The molecule has 0 spiro atoms. The van der Waals surface area contributed by atoms with E-state index in [4.69, 9.17) is 0 Å². The molecule has 0 fully saturated rings. The zero-order valence-electron chi connectivity index (χ0n) is 15.1. The molecule has 1 aliphatic heterocycles. The number of rotatable bonds is 5. The SMILES string of the molecule is Cc1nc(-c2ccccc2)sc1CNC(=O)CN1C(=O)c2ccccc2C1=O. The van der Waals surface area contributed by atoms with E-state index in [2.05, 4.69) is 10.3 Å². The summed E-state index contributed by atoms with van der Waals surface area (Å²) in [7, 11) is 0. The van der Waals surface area contributed by atoms with Gasteiger partial charge in [0.05, 0.1) is 23.4 Å². The van der Waals surface area contributed by atoms with Gasteiger partial charge in [0.1, 0.15) is 11.6 Å². The van der Waals surface area contributed by atoms with E-state index >= 15 is 0 Å². The molecule has 0 saturated carbocycles. The van der Waals surface area contributed by atoms with Crippen molar-refractivity contribution < 1.29 is 14.4 Å². The molecule has 0 unspecified atom stereocenters. The molecule has 4 rings (SSSR count). The topological polar surface area (TPSA) is 79.4 Å². The Morgan fingerprint density at radius 1 is 1.00 bits per heavy atom. The van der Waals surface area contributed by atoms with Crippen molar-refractivity contribution in [2.24, 2.45) is 0 Å². The summed E-state index contributed by atoms with van der Waals surface area (Å²) < 4.78 is 0. The molecule has 0 saturated heterocycles. The van der Waals surface area contributed by atoms with E-state index in [0.717, 1.165) is 26.0 Å². The highest BCUT2D eigenvalue weighted by Gasteiger charge is 2.36. The van der Waals surface area contributed by atoms with Crippen LogP contribution in [0.1, 0.15) is 31.3 Å². The number of aromatic nitrogens is 1. The number of carbonyl (C=O) groups excluding carboxylic acids is 3. The first kappa shape index (κ1) is 18.1. The fourth-order valence-corrected chi connectivity index (χ4v) is 4.06. The Hall–Kier alpha value is -3.32. The summed E-state index contributed by atoms with van der Waals surface area (Å²) in [5.41, 5.74) is 2.56. The summed E-state index contributed by atoms with van der Waals surface area (Å²) in [6.45, 7) is 1.91. The summed E-state index contributed by atoms with van der Waals surface area (Å²) in [5, 5.41) is 3.68. The molecule has 6 nitrogen and oxygen atoms in total. The van der Waals surface area contributed by atoms with Crippen LogP contribution in [0.5, 0.6) is 0 Å². The molecule has 1 aliphatic rings. The quantitative estimate of drug-likeness (QED) is 0.678. The summed E-state index contributed by atoms with van der Waals surface area (Å²) >= 11 is 1.51. The van der Waals surface area contributed by atoms with Crippen molar-refractivity contribution in [1.82, 2.24) is 15.2 Å². The summed E-state index contributed by atoms with van der Waals surface area (Å²) in [5.74, 6) is -1.25. The van der Waals surface area contributed by atoms with E-state index in [9.17, 15) is 14.4 Å². The first-order valence-electron chi connectivity index (χ1n) is 8.78. The predicted molar refractivity (Wildman–Crippen MR) is 106 cm³/mol. The van der Waals surface area contributed by atoms with Crippen LogP contribution in [0.15, 0.2) is 54.6 Å². The number of hydrogen-bond donors (Lipinski definition) is 1. The van der Waals surface area contributed by atoms with Gasteiger partial charge >= 0.3 is 0 Å². The van der Waals surface area contributed by atoms with Gasteiger partial charge in [-0.15, -0.1) is 11.3 Å². The molecule has 0 bridgehead atoms. The molecule has 140 valence electrons. The van der Waals surface area contributed by atoms with Crippen LogP contribution in [0.25, 0.3) is 10.6 Å². The Kier molecular flexibility index (Phi) is 4.75. The Balaban J connectivity index is 1.40. The summed E-state index contributed by atoms with van der Waals surface area (Å²) in [6.07, 6.45) is 0. The van der Waals surface area contributed by atoms with Crippen LogP contribution in [0.2, 0.25) is 0 Å². The number of benzene rings is 2. The second-order valence-corrected chi connectivity index (χ2v) is 7.50. The van der Waals surface area contributed by atoms with E-state index in [-0.39, 0.29) is 12.5 Å². The monoisotopic (exact) mass is 391 g/mol. The van der Waals surface area contributed by atoms with Gasteiger partial charge in [-0.2, -0.15) is 0 Å². The predicted octanol–water partition coefficient (Wildman–Crippen LogP) is 3.03.